The Morgan fingerprint density at radius 1 is 1.00 bits per heavy atom. The van der Waals surface area contributed by atoms with Gasteiger partial charge >= 0.3 is 18.0 Å². The summed E-state index contributed by atoms with van der Waals surface area (Å²) in [4.78, 5) is 30.0. The molecule has 0 aliphatic heterocycles. The molecule has 0 aliphatic carbocycles. The standard InChI is InChI=1S/C9H8O4.CH3NO2/c1-5-6(8(10)11)3-2-4-7(5)9(12)13;2-1(3)4/h2-4H,1H3,(H,10,11)(H,12,13);2H2,(H,3,4). The summed E-state index contributed by atoms with van der Waals surface area (Å²) in [6.07, 6.45) is -1.33. The number of carboxylic acid groups (broad SMARTS) is 3. The maximum absolute atomic E-state index is 10.6. The van der Waals surface area contributed by atoms with E-state index < -0.39 is 18.0 Å². The van der Waals surface area contributed by atoms with Gasteiger partial charge in [-0.25, -0.2) is 14.4 Å². The second-order valence-electron chi connectivity index (χ2n) is 2.93. The molecule has 5 N–H and O–H groups in total. The minimum absolute atomic E-state index is 0.0277. The third-order valence-electron chi connectivity index (χ3n) is 1.79. The first kappa shape index (κ1) is 14.4. The Balaban J connectivity index is 0.000000557. The van der Waals surface area contributed by atoms with Gasteiger partial charge in [-0.05, 0) is 24.6 Å². The van der Waals surface area contributed by atoms with E-state index in [1.54, 1.807) is 0 Å². The fraction of sp³-hybridized carbons (Fsp3) is 0.100. The molecule has 0 saturated heterocycles. The number of aromatic carboxylic acids is 2. The van der Waals surface area contributed by atoms with Crippen LogP contribution in [0.3, 0.4) is 0 Å². The molecule has 0 radical (unpaired) electrons. The van der Waals surface area contributed by atoms with Crippen LogP contribution in [-0.2, 0) is 0 Å². The van der Waals surface area contributed by atoms with Crippen molar-refractivity contribution >= 4 is 18.0 Å². The highest BCUT2D eigenvalue weighted by Crippen LogP contribution is 2.13. The van der Waals surface area contributed by atoms with E-state index in [1.165, 1.54) is 25.1 Å². The molecule has 7 heteroatoms. The number of hydrogen-bond donors (Lipinski definition) is 4. The van der Waals surface area contributed by atoms with Gasteiger partial charge in [0, 0.05) is 0 Å². The van der Waals surface area contributed by atoms with Crippen molar-refractivity contribution in [2.24, 2.45) is 5.73 Å². The largest absolute Gasteiger partial charge is 0.478 e. The Kier molecular flexibility index (Phi) is 5.19. The lowest BCUT2D eigenvalue weighted by Gasteiger charge is -2.03. The second-order valence-corrected chi connectivity index (χ2v) is 2.93. The predicted molar refractivity (Wildman–Crippen MR) is 57.3 cm³/mol. The number of primary amides is 1. The lowest BCUT2D eigenvalue weighted by atomic mass is 10.0. The highest BCUT2D eigenvalue weighted by Gasteiger charge is 2.13. The first-order valence-electron chi connectivity index (χ1n) is 4.32. The molecule has 0 unspecified atom stereocenters. The van der Waals surface area contributed by atoms with Crippen LogP contribution in [0.25, 0.3) is 0 Å². The maximum Gasteiger partial charge on any atom is 0.402 e. The fourth-order valence-corrected chi connectivity index (χ4v) is 1.10. The van der Waals surface area contributed by atoms with Crippen LogP contribution in [-0.4, -0.2) is 33.4 Å². The Morgan fingerprint density at radius 2 is 1.29 bits per heavy atom. The summed E-state index contributed by atoms with van der Waals surface area (Å²) in [5.74, 6) is -2.22. The van der Waals surface area contributed by atoms with Crippen LogP contribution in [0.1, 0.15) is 26.3 Å². The lowest BCUT2D eigenvalue weighted by Crippen LogP contribution is -2.06. The molecule has 0 spiro atoms. The molecular weight excluding hydrogens is 230 g/mol. The van der Waals surface area contributed by atoms with Gasteiger partial charge in [0.05, 0.1) is 11.1 Å². The van der Waals surface area contributed by atoms with Crippen molar-refractivity contribution in [1.82, 2.24) is 0 Å². The van der Waals surface area contributed by atoms with E-state index in [2.05, 4.69) is 5.73 Å². The summed E-state index contributed by atoms with van der Waals surface area (Å²) in [6.45, 7) is 1.48. The molecule has 92 valence electrons. The van der Waals surface area contributed by atoms with Crippen LogP contribution in [0, 0.1) is 6.92 Å². The molecule has 0 saturated carbocycles. The third-order valence-corrected chi connectivity index (χ3v) is 1.79. The van der Waals surface area contributed by atoms with Gasteiger partial charge in [-0.2, -0.15) is 0 Å². The summed E-state index contributed by atoms with van der Waals surface area (Å²) in [5, 5.41) is 24.6. The van der Waals surface area contributed by atoms with Crippen molar-refractivity contribution in [2.45, 2.75) is 6.92 Å². The quantitative estimate of drug-likeness (QED) is 0.609. The number of carbonyl (C=O) groups is 3. The van der Waals surface area contributed by atoms with Gasteiger partial charge in [-0.15, -0.1) is 0 Å². The zero-order valence-corrected chi connectivity index (χ0v) is 8.88. The molecule has 0 heterocycles. The van der Waals surface area contributed by atoms with Gasteiger partial charge in [0.15, 0.2) is 0 Å². The van der Waals surface area contributed by atoms with Gasteiger partial charge in [0.1, 0.15) is 0 Å². The first-order chi connectivity index (χ1) is 7.77. The summed E-state index contributed by atoms with van der Waals surface area (Å²) < 4.78 is 0. The van der Waals surface area contributed by atoms with Crippen molar-refractivity contribution in [2.75, 3.05) is 0 Å². The molecule has 7 nitrogen and oxygen atoms in total. The highest BCUT2D eigenvalue weighted by atomic mass is 16.4. The molecule has 1 aromatic rings. The van der Waals surface area contributed by atoms with Gasteiger partial charge in [0.25, 0.3) is 0 Å². The summed E-state index contributed by atoms with van der Waals surface area (Å²) in [7, 11) is 0. The molecule has 0 fully saturated rings. The van der Waals surface area contributed by atoms with E-state index in [0.29, 0.717) is 0 Å². The van der Waals surface area contributed by atoms with E-state index in [-0.39, 0.29) is 16.7 Å². The fourth-order valence-electron chi connectivity index (χ4n) is 1.10. The molecule has 0 aliphatic rings. The van der Waals surface area contributed by atoms with Gasteiger partial charge in [-0.3, -0.25) is 0 Å². The van der Waals surface area contributed by atoms with Crippen molar-refractivity contribution in [3.05, 3.63) is 34.9 Å². The molecule has 1 rings (SSSR count). The summed E-state index contributed by atoms with van der Waals surface area (Å²) >= 11 is 0. The molecule has 1 amide bonds. The van der Waals surface area contributed by atoms with Gasteiger partial charge in [0.2, 0.25) is 0 Å². The normalized spacial score (nSPS) is 8.76. The molecule has 1 aromatic carbocycles. The average molecular weight is 241 g/mol. The monoisotopic (exact) mass is 241 g/mol. The number of amides is 1. The molecule has 0 atom stereocenters. The van der Waals surface area contributed by atoms with Crippen molar-refractivity contribution < 1.29 is 29.7 Å². The third kappa shape index (κ3) is 4.65. The SMILES string of the molecule is Cc1c(C(=O)O)cccc1C(=O)O.NC(=O)O. The number of carboxylic acids is 2. The number of nitrogens with two attached hydrogens (primary N) is 1. The molecule has 0 bridgehead atoms. The van der Waals surface area contributed by atoms with Crippen molar-refractivity contribution in [3.8, 4) is 0 Å². The summed E-state index contributed by atoms with van der Waals surface area (Å²) in [5.41, 5.74) is 4.36. The van der Waals surface area contributed by atoms with E-state index in [9.17, 15) is 9.59 Å². The minimum Gasteiger partial charge on any atom is -0.478 e. The van der Waals surface area contributed by atoms with E-state index in [4.69, 9.17) is 20.1 Å². The molecule has 0 aromatic heterocycles. The Morgan fingerprint density at radius 3 is 1.53 bits per heavy atom. The zero-order chi connectivity index (χ0) is 13.6. The van der Waals surface area contributed by atoms with Crippen LogP contribution in [0.2, 0.25) is 0 Å². The average Bonchev–Trinajstić information content (AvgIpc) is 2.15. The van der Waals surface area contributed by atoms with Gasteiger partial charge in [-0.1, -0.05) is 6.07 Å². The Labute approximate surface area is 96.1 Å². The number of rotatable bonds is 2. The number of hydrogen-bond acceptors (Lipinski definition) is 3. The lowest BCUT2D eigenvalue weighted by molar-refractivity contribution is 0.0696. The molecule has 17 heavy (non-hydrogen) atoms. The van der Waals surface area contributed by atoms with E-state index in [0.717, 1.165) is 0 Å². The highest BCUT2D eigenvalue weighted by molar-refractivity contribution is 5.96. The van der Waals surface area contributed by atoms with Crippen molar-refractivity contribution in [3.63, 3.8) is 0 Å². The van der Waals surface area contributed by atoms with Crippen LogP contribution >= 0.6 is 0 Å². The van der Waals surface area contributed by atoms with E-state index >= 15 is 0 Å². The van der Waals surface area contributed by atoms with Crippen LogP contribution < -0.4 is 5.73 Å². The zero-order valence-electron chi connectivity index (χ0n) is 8.88. The smallest absolute Gasteiger partial charge is 0.402 e. The maximum atomic E-state index is 10.6. The first-order valence-corrected chi connectivity index (χ1v) is 4.32. The topological polar surface area (TPSA) is 138 Å². The number of benzene rings is 1. The second kappa shape index (κ2) is 6.11. The summed E-state index contributed by atoms with van der Waals surface area (Å²) in [6, 6.07) is 4.17. The van der Waals surface area contributed by atoms with E-state index in [1.807, 2.05) is 0 Å². The van der Waals surface area contributed by atoms with Gasteiger partial charge < -0.3 is 21.1 Å². The van der Waals surface area contributed by atoms with Crippen LogP contribution in [0.4, 0.5) is 4.79 Å². The predicted octanol–water partition coefficient (Wildman–Crippen LogP) is 1.01. The Bertz CT molecular complexity index is 418. The minimum atomic E-state index is -1.33. The van der Waals surface area contributed by atoms with Crippen LogP contribution in [0.5, 0.6) is 0 Å². The van der Waals surface area contributed by atoms with Crippen LogP contribution in [0.15, 0.2) is 18.2 Å². The molecular formula is C10H11NO6. The Hall–Kier alpha value is -2.57. The van der Waals surface area contributed by atoms with Crippen molar-refractivity contribution in [1.29, 1.82) is 0 Å².